The number of imide groups is 1. The first-order valence-corrected chi connectivity index (χ1v) is 9.20. The molecule has 0 aromatic heterocycles. The minimum absolute atomic E-state index is 0.199. The number of hydrazone groups is 1. The lowest BCUT2D eigenvalue weighted by molar-refractivity contribution is -0.527. The molecule has 0 N–H and O–H groups in total. The average molecular weight is 363 g/mol. The van der Waals surface area contributed by atoms with Crippen LogP contribution >= 0.6 is 0 Å². The number of hydrogen-bond acceptors (Lipinski definition) is 6. The van der Waals surface area contributed by atoms with Gasteiger partial charge in [-0.1, -0.05) is 18.3 Å². The summed E-state index contributed by atoms with van der Waals surface area (Å²) in [6.07, 6.45) is 1.71. The molecule has 9 nitrogen and oxygen atoms in total. The number of rotatable bonds is 7. The van der Waals surface area contributed by atoms with E-state index in [4.69, 9.17) is 4.74 Å². The second-order valence-corrected chi connectivity index (χ2v) is 6.64. The number of amidine groups is 1. The number of nitrogens with zero attached hydrogens (tertiary/aromatic N) is 6. The van der Waals surface area contributed by atoms with Crippen molar-refractivity contribution >= 4 is 29.4 Å². The maximum absolute atomic E-state index is 13.1. The monoisotopic (exact) mass is 363 g/mol. The van der Waals surface area contributed by atoms with Gasteiger partial charge in [-0.15, -0.1) is 10.1 Å². The Bertz CT molecular complexity index is 699. The second-order valence-electron chi connectivity index (χ2n) is 6.64. The molecule has 3 amide bonds. The number of guanidine groups is 1. The molecule has 1 saturated heterocycles. The van der Waals surface area contributed by atoms with E-state index in [1.807, 2.05) is 25.3 Å². The first kappa shape index (κ1) is 18.5. The maximum Gasteiger partial charge on any atom is 0.416 e. The quantitative estimate of drug-likeness (QED) is 0.489. The predicted molar refractivity (Wildman–Crippen MR) is 97.4 cm³/mol. The van der Waals surface area contributed by atoms with Gasteiger partial charge in [0.2, 0.25) is 11.9 Å². The predicted octanol–water partition coefficient (Wildman–Crippen LogP) is 0.558. The summed E-state index contributed by atoms with van der Waals surface area (Å²) >= 11 is 0. The highest BCUT2D eigenvalue weighted by molar-refractivity contribution is 6.23. The number of carbonyl (C=O) groups excluding carboxylic acids is 2. The Hall–Kier alpha value is -2.29. The first-order valence-electron chi connectivity index (χ1n) is 9.20. The highest BCUT2D eigenvalue weighted by Crippen LogP contribution is 2.23. The Kier molecular flexibility index (Phi) is 5.36. The van der Waals surface area contributed by atoms with Crippen molar-refractivity contribution in [1.82, 2.24) is 14.8 Å². The Morgan fingerprint density at radius 1 is 1.27 bits per heavy atom. The number of carbonyl (C=O) groups is 2. The largest absolute Gasteiger partial charge is 0.416 e. The van der Waals surface area contributed by atoms with E-state index in [-0.39, 0.29) is 11.9 Å². The molecule has 1 atom stereocenters. The van der Waals surface area contributed by atoms with Crippen LogP contribution in [0.1, 0.15) is 33.6 Å². The fourth-order valence-corrected chi connectivity index (χ4v) is 3.37. The van der Waals surface area contributed by atoms with E-state index >= 15 is 0 Å². The third-order valence-corrected chi connectivity index (χ3v) is 4.70. The molecule has 9 heteroatoms. The van der Waals surface area contributed by atoms with Gasteiger partial charge in [-0.2, -0.15) is 0 Å². The van der Waals surface area contributed by atoms with Gasteiger partial charge in [0.15, 0.2) is 0 Å². The Labute approximate surface area is 153 Å². The van der Waals surface area contributed by atoms with Gasteiger partial charge in [0.05, 0.1) is 12.3 Å². The number of hydrogen-bond donors (Lipinski definition) is 0. The van der Waals surface area contributed by atoms with E-state index in [0.29, 0.717) is 44.6 Å². The Morgan fingerprint density at radius 2 is 2.04 bits per heavy atom. The van der Waals surface area contributed by atoms with E-state index in [9.17, 15) is 9.59 Å². The van der Waals surface area contributed by atoms with Gasteiger partial charge in [0, 0.05) is 20.2 Å². The third kappa shape index (κ3) is 3.11. The van der Waals surface area contributed by atoms with E-state index in [1.54, 1.807) is 12.1 Å². The number of likely N-dealkylation sites (N-methyl/N-ethyl adjacent to an activating group) is 1. The molecule has 3 aliphatic heterocycles. The number of fused-ring (bicyclic) bond motifs is 2. The standard InChI is InChI=1S/C17H27N6O3/c1-5-7-8-21-15(24)13-14(20(4)17(21)25)18-16-22(13)11-12(3)19-23(16)9-10-26-6-2/h13H,5-11H2,1-4H3/q+1. The van der Waals surface area contributed by atoms with E-state index in [1.165, 1.54) is 9.80 Å². The lowest BCUT2D eigenvalue weighted by Crippen LogP contribution is -2.63. The lowest BCUT2D eigenvalue weighted by atomic mass is 10.1. The molecule has 26 heavy (non-hydrogen) atoms. The van der Waals surface area contributed by atoms with Crippen LogP contribution in [0, 0.1) is 0 Å². The van der Waals surface area contributed by atoms with E-state index < -0.39 is 6.04 Å². The molecule has 0 radical (unpaired) electrons. The van der Waals surface area contributed by atoms with Crippen LogP contribution in [0.4, 0.5) is 4.79 Å². The zero-order valence-corrected chi connectivity index (χ0v) is 15.9. The molecule has 0 aromatic rings. The van der Waals surface area contributed by atoms with Crippen LogP contribution in [0.3, 0.4) is 0 Å². The highest BCUT2D eigenvalue weighted by atomic mass is 16.5. The summed E-state index contributed by atoms with van der Waals surface area (Å²) in [6.45, 7) is 8.57. The van der Waals surface area contributed by atoms with Gasteiger partial charge >= 0.3 is 12.0 Å². The SMILES string of the molecule is CCCCN1C(=O)C2C(=NC3=[N+]2CC(C)=NN3CCOCC)N(C)C1=O. The van der Waals surface area contributed by atoms with Crippen molar-refractivity contribution in [3.63, 3.8) is 0 Å². The van der Waals surface area contributed by atoms with Crippen molar-refractivity contribution in [2.45, 2.75) is 39.7 Å². The smallest absolute Gasteiger partial charge is 0.378 e. The zero-order valence-electron chi connectivity index (χ0n) is 15.9. The molecule has 3 rings (SSSR count). The van der Waals surface area contributed by atoms with Gasteiger partial charge in [0.1, 0.15) is 13.1 Å². The number of ether oxygens (including phenoxy) is 1. The van der Waals surface area contributed by atoms with Crippen LogP contribution in [0.25, 0.3) is 0 Å². The third-order valence-electron chi connectivity index (χ3n) is 4.70. The summed E-state index contributed by atoms with van der Waals surface area (Å²) in [6, 6.07) is -0.873. The zero-order chi connectivity index (χ0) is 18.8. The minimum atomic E-state index is -0.565. The Morgan fingerprint density at radius 3 is 2.73 bits per heavy atom. The van der Waals surface area contributed by atoms with Crippen molar-refractivity contribution < 1.29 is 18.9 Å². The van der Waals surface area contributed by atoms with Crippen molar-refractivity contribution in [2.24, 2.45) is 10.1 Å². The van der Waals surface area contributed by atoms with Gasteiger partial charge in [-0.05, 0) is 20.3 Å². The number of unbranched alkanes of at least 4 members (excludes halogenated alkanes) is 1. The molecule has 3 aliphatic rings. The molecule has 0 bridgehead atoms. The van der Waals surface area contributed by atoms with Crippen molar-refractivity contribution in [3.8, 4) is 0 Å². The normalized spacial score (nSPS) is 22.6. The van der Waals surface area contributed by atoms with Crippen LogP contribution < -0.4 is 0 Å². The molecule has 0 aliphatic carbocycles. The summed E-state index contributed by atoms with van der Waals surface area (Å²) in [5.74, 6) is 0.893. The Balaban J connectivity index is 1.90. The molecule has 0 spiro atoms. The molecule has 3 heterocycles. The van der Waals surface area contributed by atoms with E-state index in [2.05, 4.69) is 10.1 Å². The van der Waals surface area contributed by atoms with Crippen LogP contribution in [-0.2, 0) is 9.53 Å². The van der Waals surface area contributed by atoms with Gasteiger partial charge in [-0.25, -0.2) is 9.37 Å². The number of urea groups is 1. The number of amides is 3. The van der Waals surface area contributed by atoms with Gasteiger partial charge in [-0.3, -0.25) is 14.6 Å². The summed E-state index contributed by atoms with van der Waals surface area (Å²) < 4.78 is 7.37. The topological polar surface area (TPSA) is 80.8 Å². The summed E-state index contributed by atoms with van der Waals surface area (Å²) in [5, 5.41) is 6.31. The summed E-state index contributed by atoms with van der Waals surface area (Å²) in [4.78, 5) is 33.1. The second kappa shape index (κ2) is 7.53. The van der Waals surface area contributed by atoms with Crippen molar-refractivity contribution in [3.05, 3.63) is 0 Å². The molecule has 142 valence electrons. The molecular weight excluding hydrogens is 336 g/mol. The first-order chi connectivity index (χ1) is 12.5. The molecule has 1 fully saturated rings. The fourth-order valence-electron chi connectivity index (χ4n) is 3.37. The molecule has 0 saturated carbocycles. The minimum Gasteiger partial charge on any atom is -0.378 e. The molecule has 0 aromatic carbocycles. The van der Waals surface area contributed by atoms with Crippen LogP contribution in [0.2, 0.25) is 0 Å². The fraction of sp³-hybridized carbons (Fsp3) is 0.706. The molecule has 1 unspecified atom stereocenters. The highest BCUT2D eigenvalue weighted by Gasteiger charge is 2.54. The lowest BCUT2D eigenvalue weighted by Gasteiger charge is -2.34. The van der Waals surface area contributed by atoms with Crippen LogP contribution in [-0.4, -0.2) is 94.8 Å². The van der Waals surface area contributed by atoms with Crippen LogP contribution in [0.15, 0.2) is 10.1 Å². The van der Waals surface area contributed by atoms with Crippen molar-refractivity contribution in [2.75, 3.05) is 39.9 Å². The maximum atomic E-state index is 13.1. The van der Waals surface area contributed by atoms with Gasteiger partial charge < -0.3 is 4.74 Å². The van der Waals surface area contributed by atoms with Crippen molar-refractivity contribution in [1.29, 1.82) is 0 Å². The van der Waals surface area contributed by atoms with E-state index in [0.717, 1.165) is 18.6 Å². The number of aliphatic imine (C=N–C) groups is 1. The molecular formula is C17H27N6O3+. The summed E-state index contributed by atoms with van der Waals surface area (Å²) in [5.41, 5.74) is 0.897. The van der Waals surface area contributed by atoms with Crippen LogP contribution in [0.5, 0.6) is 0 Å². The summed E-state index contributed by atoms with van der Waals surface area (Å²) in [7, 11) is 1.68. The average Bonchev–Trinajstić information content (AvgIpc) is 2.99. The van der Waals surface area contributed by atoms with Gasteiger partial charge in [0.25, 0.3) is 5.91 Å².